The number of fused-ring (bicyclic) bond motifs is 2. The average Bonchev–Trinajstić information content (AvgIpc) is 2.98. The van der Waals surface area contributed by atoms with E-state index in [1.807, 2.05) is 0 Å². The Morgan fingerprint density at radius 2 is 1.43 bits per heavy atom. The van der Waals surface area contributed by atoms with Gasteiger partial charge in [0.2, 0.25) is 0 Å². The van der Waals surface area contributed by atoms with Crippen molar-refractivity contribution in [3.05, 3.63) is 0 Å². The summed E-state index contributed by atoms with van der Waals surface area (Å²) >= 11 is 0. The molecule has 0 spiro atoms. The first kappa shape index (κ1) is 13.7. The lowest BCUT2D eigenvalue weighted by molar-refractivity contribution is -0.0244. The van der Waals surface area contributed by atoms with Gasteiger partial charge >= 0.3 is 0 Å². The molecule has 6 rings (SSSR count). The molecule has 9 atom stereocenters. The van der Waals surface area contributed by atoms with Crippen molar-refractivity contribution in [3.8, 4) is 0 Å². The molecule has 6 saturated carbocycles. The largest absolute Gasteiger partial charge is 0.303 e. The highest BCUT2D eigenvalue weighted by Crippen LogP contribution is 2.83. The molecular formula is C19H30ClN. The van der Waals surface area contributed by atoms with Crippen molar-refractivity contribution < 1.29 is 0 Å². The van der Waals surface area contributed by atoms with Gasteiger partial charge in [-0.1, -0.05) is 19.3 Å². The summed E-state index contributed by atoms with van der Waals surface area (Å²) in [6, 6.07) is 1.03. The Balaban J connectivity index is 0.00000104. The Labute approximate surface area is 135 Å². The van der Waals surface area contributed by atoms with Gasteiger partial charge in [0.15, 0.2) is 0 Å². The van der Waals surface area contributed by atoms with Gasteiger partial charge < -0.3 is 4.90 Å². The molecule has 1 nitrogen and oxygen atoms in total. The van der Waals surface area contributed by atoms with Crippen LogP contribution in [0.1, 0.15) is 44.9 Å². The Hall–Kier alpha value is 0.250. The van der Waals surface area contributed by atoms with E-state index in [0.717, 1.165) is 23.8 Å². The summed E-state index contributed by atoms with van der Waals surface area (Å²) in [5, 5.41) is 0. The lowest BCUT2D eigenvalue weighted by Gasteiger charge is -2.50. The minimum absolute atomic E-state index is 0. The van der Waals surface area contributed by atoms with E-state index in [-0.39, 0.29) is 12.4 Å². The first-order valence-electron chi connectivity index (χ1n) is 9.55. The summed E-state index contributed by atoms with van der Waals surface area (Å²) in [5.74, 6) is 10.6. The summed E-state index contributed by atoms with van der Waals surface area (Å²) in [5.41, 5.74) is 0. The fourth-order valence-corrected chi connectivity index (χ4v) is 8.91. The zero-order chi connectivity index (χ0) is 13.0. The molecule has 6 aliphatic carbocycles. The molecule has 0 aromatic heterocycles. The third-order valence-electron chi connectivity index (χ3n) is 9.06. The topological polar surface area (TPSA) is 3.24 Å². The summed E-state index contributed by atoms with van der Waals surface area (Å²) < 4.78 is 0. The highest BCUT2D eigenvalue weighted by molar-refractivity contribution is 5.85. The number of hydrogen-bond acceptors (Lipinski definition) is 1. The van der Waals surface area contributed by atoms with Crippen molar-refractivity contribution >= 4 is 12.4 Å². The van der Waals surface area contributed by atoms with Gasteiger partial charge in [-0.05, 0) is 86.0 Å². The van der Waals surface area contributed by atoms with Crippen molar-refractivity contribution in [2.24, 2.45) is 53.3 Å². The van der Waals surface area contributed by atoms with Crippen molar-refractivity contribution in [2.75, 3.05) is 13.6 Å². The molecule has 0 aromatic rings. The number of hydrogen-bond donors (Lipinski definition) is 0. The molecule has 0 saturated heterocycles. The fraction of sp³-hybridized carbons (Fsp3) is 1.00. The van der Waals surface area contributed by atoms with E-state index in [2.05, 4.69) is 11.9 Å². The second kappa shape index (κ2) is 4.41. The Morgan fingerprint density at radius 1 is 0.762 bits per heavy atom. The van der Waals surface area contributed by atoms with Gasteiger partial charge in [0.05, 0.1) is 0 Å². The molecule has 0 radical (unpaired) electrons. The van der Waals surface area contributed by atoms with Crippen LogP contribution in [0.5, 0.6) is 0 Å². The van der Waals surface area contributed by atoms with Crippen LogP contribution in [-0.4, -0.2) is 24.5 Å². The van der Waals surface area contributed by atoms with Crippen LogP contribution in [0.25, 0.3) is 0 Å². The molecule has 2 bridgehead atoms. The highest BCUT2D eigenvalue weighted by atomic mass is 35.5. The van der Waals surface area contributed by atoms with Crippen molar-refractivity contribution in [3.63, 3.8) is 0 Å². The van der Waals surface area contributed by atoms with Crippen LogP contribution in [0, 0.1) is 53.3 Å². The monoisotopic (exact) mass is 307 g/mol. The number of rotatable bonds is 3. The maximum Gasteiger partial charge on any atom is 0.0160 e. The molecule has 6 aliphatic rings. The molecule has 0 aliphatic heterocycles. The summed E-state index contributed by atoms with van der Waals surface area (Å²) in [7, 11) is 2.50. The second-order valence-corrected chi connectivity index (χ2v) is 9.37. The first-order chi connectivity index (χ1) is 9.84. The number of nitrogens with zero attached hydrogens (tertiary/aromatic N) is 1. The normalized spacial score (nSPS) is 58.9. The van der Waals surface area contributed by atoms with Crippen LogP contribution in [0.3, 0.4) is 0 Å². The summed E-state index contributed by atoms with van der Waals surface area (Å²) in [6.07, 6.45) is 10.9. The molecule has 0 heterocycles. The zero-order valence-electron chi connectivity index (χ0n) is 13.3. The number of halogens is 1. The Bertz CT molecular complexity index is 439. The van der Waals surface area contributed by atoms with Crippen LogP contribution in [0.2, 0.25) is 0 Å². The van der Waals surface area contributed by atoms with Crippen molar-refractivity contribution in [1.82, 2.24) is 4.90 Å². The maximum atomic E-state index is 2.89. The average molecular weight is 308 g/mol. The highest BCUT2D eigenvalue weighted by Gasteiger charge is 2.80. The first-order valence-corrected chi connectivity index (χ1v) is 9.55. The Morgan fingerprint density at radius 3 is 2.19 bits per heavy atom. The predicted octanol–water partition coefficient (Wildman–Crippen LogP) is 4.07. The van der Waals surface area contributed by atoms with E-state index in [4.69, 9.17) is 0 Å². The van der Waals surface area contributed by atoms with Gasteiger partial charge in [-0.15, -0.1) is 12.4 Å². The molecule has 0 unspecified atom stereocenters. The van der Waals surface area contributed by atoms with Gasteiger partial charge in [-0.25, -0.2) is 0 Å². The molecular weight excluding hydrogens is 278 g/mol. The van der Waals surface area contributed by atoms with Crippen molar-refractivity contribution in [2.45, 2.75) is 51.0 Å². The minimum Gasteiger partial charge on any atom is -0.303 e. The molecule has 2 heteroatoms. The lowest BCUT2D eigenvalue weighted by Crippen LogP contribution is -2.52. The molecule has 0 aromatic carbocycles. The summed E-state index contributed by atoms with van der Waals surface area (Å²) in [4.78, 5) is 2.89. The molecule has 21 heavy (non-hydrogen) atoms. The van der Waals surface area contributed by atoms with Gasteiger partial charge in [0.1, 0.15) is 0 Å². The Kier molecular flexibility index (Phi) is 2.87. The van der Waals surface area contributed by atoms with Crippen LogP contribution in [0.4, 0.5) is 0 Å². The van der Waals surface area contributed by atoms with E-state index in [1.165, 1.54) is 74.2 Å². The minimum atomic E-state index is 0. The molecule has 0 N–H and O–H groups in total. The molecule has 118 valence electrons. The van der Waals surface area contributed by atoms with Crippen LogP contribution >= 0.6 is 12.4 Å². The van der Waals surface area contributed by atoms with E-state index in [1.54, 1.807) is 12.8 Å². The van der Waals surface area contributed by atoms with E-state index >= 15 is 0 Å². The van der Waals surface area contributed by atoms with Crippen LogP contribution < -0.4 is 0 Å². The standard InChI is InChI=1S/C19H29N.ClH/c1-20(9-10-5-3-2-4-6-10)19-16-12-8-13-15-11(12)7-14(16)17(15)18(13)19;/h10-19H,2-9H2,1H3;1H/t11-,12-,13+,14+,15+,16-,17-,18-,19-;/m0./s1. The van der Waals surface area contributed by atoms with E-state index in [9.17, 15) is 0 Å². The predicted molar refractivity (Wildman–Crippen MR) is 87.4 cm³/mol. The van der Waals surface area contributed by atoms with E-state index in [0.29, 0.717) is 0 Å². The molecule has 6 fully saturated rings. The SMILES string of the molecule is CN(CC1CCCCC1)[C@H]1[C@H]2[C@H]3C[C@@H]4[C@H]5[C@H]3C[C@H]2[C@@H]5[C@H]41.Cl. The van der Waals surface area contributed by atoms with E-state index < -0.39 is 0 Å². The van der Waals surface area contributed by atoms with Crippen LogP contribution in [0.15, 0.2) is 0 Å². The molecule has 0 amide bonds. The lowest BCUT2D eigenvalue weighted by atomic mass is 9.58. The second-order valence-electron chi connectivity index (χ2n) is 9.37. The van der Waals surface area contributed by atoms with Gasteiger partial charge in [0.25, 0.3) is 0 Å². The van der Waals surface area contributed by atoms with Gasteiger partial charge in [-0.3, -0.25) is 0 Å². The fourth-order valence-electron chi connectivity index (χ4n) is 8.91. The smallest absolute Gasteiger partial charge is 0.0160 e. The zero-order valence-corrected chi connectivity index (χ0v) is 14.1. The van der Waals surface area contributed by atoms with Gasteiger partial charge in [-0.2, -0.15) is 0 Å². The van der Waals surface area contributed by atoms with Gasteiger partial charge in [0, 0.05) is 12.6 Å². The maximum absolute atomic E-state index is 2.89. The third-order valence-corrected chi connectivity index (χ3v) is 9.06. The summed E-state index contributed by atoms with van der Waals surface area (Å²) in [6.45, 7) is 1.44. The quantitative estimate of drug-likeness (QED) is 0.760. The van der Waals surface area contributed by atoms with Crippen molar-refractivity contribution in [1.29, 1.82) is 0 Å². The third kappa shape index (κ3) is 1.45. The van der Waals surface area contributed by atoms with Crippen LogP contribution in [-0.2, 0) is 0 Å².